The molecule has 9 heteroatoms. The SMILES string of the molecule is O=C(NCC1CCN(C(=O)c2cccnc2)CC1)Nc1cccc(C(F)(F)F)c1. The molecule has 0 spiro atoms. The van der Waals surface area contributed by atoms with Crippen molar-refractivity contribution in [3.8, 4) is 0 Å². The van der Waals surface area contributed by atoms with Crippen molar-refractivity contribution in [2.24, 2.45) is 5.92 Å². The molecule has 3 amide bonds. The number of carbonyl (C=O) groups is 2. The van der Waals surface area contributed by atoms with E-state index in [1.165, 1.54) is 18.3 Å². The summed E-state index contributed by atoms with van der Waals surface area (Å²) in [5.41, 5.74) is -0.195. The van der Waals surface area contributed by atoms with Gasteiger partial charge in [-0.25, -0.2) is 4.79 Å². The van der Waals surface area contributed by atoms with Crippen LogP contribution in [0.4, 0.5) is 23.7 Å². The number of amides is 3. The van der Waals surface area contributed by atoms with Crippen molar-refractivity contribution in [3.63, 3.8) is 0 Å². The van der Waals surface area contributed by atoms with E-state index in [0.717, 1.165) is 25.0 Å². The molecule has 154 valence electrons. The normalized spacial score (nSPS) is 15.1. The standard InChI is InChI=1S/C20H21F3N4O2/c21-20(22,23)16-4-1-5-17(11-16)26-19(29)25-12-14-6-9-27(10-7-14)18(28)15-3-2-8-24-13-15/h1-5,8,11,13-14H,6-7,9-10,12H2,(H2,25,26,29). The molecule has 2 heterocycles. The molecule has 2 aromatic rings. The fraction of sp³-hybridized carbons (Fsp3) is 0.350. The highest BCUT2D eigenvalue weighted by molar-refractivity contribution is 5.94. The number of halogens is 3. The van der Waals surface area contributed by atoms with Gasteiger partial charge in [-0.15, -0.1) is 0 Å². The molecule has 1 fully saturated rings. The fourth-order valence-electron chi connectivity index (χ4n) is 3.20. The number of urea groups is 1. The van der Waals surface area contributed by atoms with Crippen LogP contribution in [-0.4, -0.2) is 41.5 Å². The van der Waals surface area contributed by atoms with Crippen molar-refractivity contribution in [2.45, 2.75) is 19.0 Å². The highest BCUT2D eigenvalue weighted by Gasteiger charge is 2.30. The molecule has 2 N–H and O–H groups in total. The number of alkyl halides is 3. The van der Waals surface area contributed by atoms with Crippen molar-refractivity contribution in [3.05, 3.63) is 59.9 Å². The Labute approximate surface area is 166 Å². The Morgan fingerprint density at radius 1 is 1.14 bits per heavy atom. The van der Waals surface area contributed by atoms with E-state index in [2.05, 4.69) is 15.6 Å². The smallest absolute Gasteiger partial charge is 0.339 e. The molecule has 1 aliphatic rings. The summed E-state index contributed by atoms with van der Waals surface area (Å²) >= 11 is 0. The van der Waals surface area contributed by atoms with Crippen LogP contribution < -0.4 is 10.6 Å². The van der Waals surface area contributed by atoms with Crippen LogP contribution in [-0.2, 0) is 6.18 Å². The number of benzene rings is 1. The van der Waals surface area contributed by atoms with E-state index >= 15 is 0 Å². The van der Waals surface area contributed by atoms with Gasteiger partial charge in [0.1, 0.15) is 0 Å². The van der Waals surface area contributed by atoms with E-state index in [9.17, 15) is 22.8 Å². The average molecular weight is 406 g/mol. The van der Waals surface area contributed by atoms with E-state index in [0.29, 0.717) is 25.2 Å². The Morgan fingerprint density at radius 2 is 1.90 bits per heavy atom. The molecule has 0 bridgehead atoms. The van der Waals surface area contributed by atoms with Gasteiger partial charge in [0.25, 0.3) is 5.91 Å². The van der Waals surface area contributed by atoms with Gasteiger partial charge < -0.3 is 15.5 Å². The summed E-state index contributed by atoms with van der Waals surface area (Å²) < 4.78 is 38.2. The van der Waals surface area contributed by atoms with Crippen molar-refractivity contribution < 1.29 is 22.8 Å². The molecular formula is C20H21F3N4O2. The zero-order valence-electron chi connectivity index (χ0n) is 15.6. The number of anilines is 1. The first kappa shape index (κ1) is 20.6. The number of pyridine rings is 1. The lowest BCUT2D eigenvalue weighted by atomic mass is 9.96. The summed E-state index contributed by atoms with van der Waals surface area (Å²) in [5, 5.41) is 5.11. The second-order valence-corrected chi connectivity index (χ2v) is 6.89. The molecule has 0 aliphatic carbocycles. The number of hydrogen-bond donors (Lipinski definition) is 2. The van der Waals surface area contributed by atoms with Gasteiger partial charge in [-0.1, -0.05) is 6.07 Å². The van der Waals surface area contributed by atoms with Gasteiger partial charge in [0.2, 0.25) is 0 Å². The predicted octanol–water partition coefficient (Wildman–Crippen LogP) is 3.77. The average Bonchev–Trinajstić information content (AvgIpc) is 2.72. The molecule has 1 aromatic heterocycles. The lowest BCUT2D eigenvalue weighted by Gasteiger charge is -2.32. The number of nitrogens with zero attached hydrogens (tertiary/aromatic N) is 2. The summed E-state index contributed by atoms with van der Waals surface area (Å²) in [4.78, 5) is 30.1. The predicted molar refractivity (Wildman–Crippen MR) is 101 cm³/mol. The van der Waals surface area contributed by atoms with Gasteiger partial charge in [0, 0.05) is 37.7 Å². The number of likely N-dealkylation sites (tertiary alicyclic amines) is 1. The molecule has 1 saturated heterocycles. The molecular weight excluding hydrogens is 385 g/mol. The van der Waals surface area contributed by atoms with Gasteiger partial charge in [-0.3, -0.25) is 9.78 Å². The number of aromatic nitrogens is 1. The van der Waals surface area contributed by atoms with E-state index in [1.54, 1.807) is 23.2 Å². The van der Waals surface area contributed by atoms with Crippen molar-refractivity contribution >= 4 is 17.6 Å². The second kappa shape index (κ2) is 8.93. The van der Waals surface area contributed by atoms with E-state index in [4.69, 9.17) is 0 Å². The summed E-state index contributed by atoms with van der Waals surface area (Å²) in [7, 11) is 0. The Balaban J connectivity index is 1.43. The molecule has 29 heavy (non-hydrogen) atoms. The van der Waals surface area contributed by atoms with Crippen LogP contribution in [0.1, 0.15) is 28.8 Å². The highest BCUT2D eigenvalue weighted by atomic mass is 19.4. The van der Waals surface area contributed by atoms with Crippen LogP contribution in [0.3, 0.4) is 0 Å². The van der Waals surface area contributed by atoms with Crippen molar-refractivity contribution in [1.29, 1.82) is 0 Å². The minimum Gasteiger partial charge on any atom is -0.339 e. The first-order valence-corrected chi connectivity index (χ1v) is 9.24. The van der Waals surface area contributed by atoms with Crippen LogP contribution in [0.25, 0.3) is 0 Å². The minimum atomic E-state index is -4.46. The minimum absolute atomic E-state index is 0.0631. The number of piperidine rings is 1. The molecule has 0 atom stereocenters. The molecule has 6 nitrogen and oxygen atoms in total. The van der Waals surface area contributed by atoms with Crippen LogP contribution in [0.5, 0.6) is 0 Å². The fourth-order valence-corrected chi connectivity index (χ4v) is 3.20. The molecule has 0 unspecified atom stereocenters. The Hall–Kier alpha value is -3.10. The zero-order valence-corrected chi connectivity index (χ0v) is 15.6. The lowest BCUT2D eigenvalue weighted by Crippen LogP contribution is -2.42. The van der Waals surface area contributed by atoms with Crippen LogP contribution in [0, 0.1) is 5.92 Å². The van der Waals surface area contributed by atoms with Gasteiger partial charge >= 0.3 is 12.2 Å². The van der Waals surface area contributed by atoms with E-state index in [1.807, 2.05) is 0 Å². The third-order valence-electron chi connectivity index (χ3n) is 4.81. The first-order chi connectivity index (χ1) is 13.8. The molecule has 1 aliphatic heterocycles. The van der Waals surface area contributed by atoms with Gasteiger partial charge in [-0.05, 0) is 49.1 Å². The Morgan fingerprint density at radius 3 is 2.55 bits per heavy atom. The maximum Gasteiger partial charge on any atom is 0.416 e. The maximum atomic E-state index is 12.7. The number of rotatable bonds is 4. The molecule has 1 aromatic carbocycles. The number of nitrogens with one attached hydrogen (secondary N) is 2. The molecule has 0 radical (unpaired) electrons. The summed E-state index contributed by atoms with van der Waals surface area (Å²) in [5.74, 6) is 0.131. The van der Waals surface area contributed by atoms with Crippen LogP contribution in [0.15, 0.2) is 48.8 Å². The zero-order chi connectivity index (χ0) is 20.9. The Kier molecular flexibility index (Phi) is 6.36. The molecule has 3 rings (SSSR count). The van der Waals surface area contributed by atoms with Crippen LogP contribution >= 0.6 is 0 Å². The first-order valence-electron chi connectivity index (χ1n) is 9.24. The van der Waals surface area contributed by atoms with Crippen molar-refractivity contribution in [2.75, 3.05) is 25.0 Å². The monoisotopic (exact) mass is 406 g/mol. The largest absolute Gasteiger partial charge is 0.416 e. The lowest BCUT2D eigenvalue weighted by molar-refractivity contribution is -0.137. The third kappa shape index (κ3) is 5.69. The number of hydrogen-bond acceptors (Lipinski definition) is 3. The van der Waals surface area contributed by atoms with Gasteiger partial charge in [0.15, 0.2) is 0 Å². The summed E-state index contributed by atoms with van der Waals surface area (Å²) in [6.45, 7) is 1.55. The van der Waals surface area contributed by atoms with Crippen LogP contribution in [0.2, 0.25) is 0 Å². The third-order valence-corrected chi connectivity index (χ3v) is 4.81. The van der Waals surface area contributed by atoms with Crippen molar-refractivity contribution in [1.82, 2.24) is 15.2 Å². The van der Waals surface area contributed by atoms with E-state index < -0.39 is 17.8 Å². The number of carbonyl (C=O) groups excluding carboxylic acids is 2. The topological polar surface area (TPSA) is 74.3 Å². The highest BCUT2D eigenvalue weighted by Crippen LogP contribution is 2.30. The van der Waals surface area contributed by atoms with Gasteiger partial charge in [-0.2, -0.15) is 13.2 Å². The maximum absolute atomic E-state index is 12.7. The second-order valence-electron chi connectivity index (χ2n) is 6.89. The van der Waals surface area contributed by atoms with Gasteiger partial charge in [0.05, 0.1) is 11.1 Å². The Bertz CT molecular complexity index is 850. The van der Waals surface area contributed by atoms with E-state index in [-0.39, 0.29) is 17.5 Å². The summed E-state index contributed by atoms with van der Waals surface area (Å²) in [6.07, 6.45) is 0.147. The summed E-state index contributed by atoms with van der Waals surface area (Å²) in [6, 6.07) is 7.36. The molecule has 0 saturated carbocycles. The quantitative estimate of drug-likeness (QED) is 0.812.